The van der Waals surface area contributed by atoms with E-state index in [9.17, 15) is 4.79 Å². The van der Waals surface area contributed by atoms with E-state index >= 15 is 0 Å². The van der Waals surface area contributed by atoms with Gasteiger partial charge in [-0.2, -0.15) is 0 Å². The second-order valence-corrected chi connectivity index (χ2v) is 4.89. The minimum Gasteiger partial charge on any atom is -0.380 e. The van der Waals surface area contributed by atoms with Gasteiger partial charge in [-0.3, -0.25) is 4.79 Å². The van der Waals surface area contributed by atoms with Crippen molar-refractivity contribution < 1.29 is 4.79 Å². The average Bonchev–Trinajstić information content (AvgIpc) is 2.38. The van der Waals surface area contributed by atoms with Crippen molar-refractivity contribution in [2.45, 2.75) is 6.54 Å². The summed E-state index contributed by atoms with van der Waals surface area (Å²) in [6.07, 6.45) is 0. The number of rotatable bonds is 4. The molecule has 0 spiro atoms. The van der Waals surface area contributed by atoms with Crippen LogP contribution in [0, 0.1) is 0 Å². The number of nitrogens with one attached hydrogen (secondary N) is 1. The molecular formula is C14H12Cl2N2O. The van der Waals surface area contributed by atoms with Gasteiger partial charge in [0.1, 0.15) is 0 Å². The van der Waals surface area contributed by atoms with Crippen LogP contribution in [0.5, 0.6) is 0 Å². The van der Waals surface area contributed by atoms with E-state index < -0.39 is 5.91 Å². The maximum absolute atomic E-state index is 11.1. The van der Waals surface area contributed by atoms with Crippen LogP contribution >= 0.6 is 23.2 Å². The van der Waals surface area contributed by atoms with Crippen molar-refractivity contribution in [3.8, 4) is 0 Å². The summed E-state index contributed by atoms with van der Waals surface area (Å²) in [7, 11) is 0. The molecule has 2 aromatic carbocycles. The Balaban J connectivity index is 2.10. The molecule has 0 bridgehead atoms. The molecule has 0 aliphatic heterocycles. The summed E-state index contributed by atoms with van der Waals surface area (Å²) in [5.74, 6) is -0.439. The molecular weight excluding hydrogens is 283 g/mol. The summed E-state index contributed by atoms with van der Waals surface area (Å²) >= 11 is 11.9. The first-order chi connectivity index (χ1) is 9.06. The van der Waals surface area contributed by atoms with Crippen LogP contribution in [0.2, 0.25) is 10.0 Å². The number of hydrogen-bond acceptors (Lipinski definition) is 2. The molecule has 19 heavy (non-hydrogen) atoms. The molecule has 0 aliphatic carbocycles. The zero-order valence-electron chi connectivity index (χ0n) is 9.99. The van der Waals surface area contributed by atoms with E-state index in [0.29, 0.717) is 22.2 Å². The van der Waals surface area contributed by atoms with Crippen molar-refractivity contribution >= 4 is 34.8 Å². The Bertz CT molecular complexity index is 614. The van der Waals surface area contributed by atoms with Crippen LogP contribution in [0.3, 0.4) is 0 Å². The molecule has 3 nitrogen and oxygen atoms in total. The van der Waals surface area contributed by atoms with Gasteiger partial charge >= 0.3 is 0 Å². The first-order valence-corrected chi connectivity index (χ1v) is 6.39. The largest absolute Gasteiger partial charge is 0.380 e. The van der Waals surface area contributed by atoms with E-state index in [-0.39, 0.29) is 0 Å². The van der Waals surface area contributed by atoms with Gasteiger partial charge in [-0.1, -0.05) is 35.3 Å². The van der Waals surface area contributed by atoms with Gasteiger partial charge in [0, 0.05) is 17.1 Å². The number of anilines is 1. The number of nitrogens with two attached hydrogens (primary N) is 1. The molecule has 0 fully saturated rings. The van der Waals surface area contributed by atoms with Crippen molar-refractivity contribution in [2.24, 2.45) is 5.73 Å². The van der Waals surface area contributed by atoms with Gasteiger partial charge in [0.2, 0.25) is 5.91 Å². The second-order valence-electron chi connectivity index (χ2n) is 4.04. The van der Waals surface area contributed by atoms with E-state index in [1.807, 2.05) is 12.1 Å². The minimum atomic E-state index is -0.439. The van der Waals surface area contributed by atoms with E-state index in [0.717, 1.165) is 11.3 Å². The lowest BCUT2D eigenvalue weighted by Gasteiger charge is -2.09. The molecule has 1 amide bonds. The predicted molar refractivity (Wildman–Crippen MR) is 78.7 cm³/mol. The number of hydrogen-bond donors (Lipinski definition) is 2. The zero-order chi connectivity index (χ0) is 13.8. The number of primary amides is 1. The van der Waals surface area contributed by atoms with Crippen molar-refractivity contribution in [3.05, 3.63) is 63.6 Å². The highest BCUT2D eigenvalue weighted by Crippen LogP contribution is 2.25. The lowest BCUT2D eigenvalue weighted by atomic mass is 10.1. The summed E-state index contributed by atoms with van der Waals surface area (Å²) in [4.78, 5) is 11.1. The fraction of sp³-hybridized carbons (Fsp3) is 0.0714. The standard InChI is InChI=1S/C14H12Cl2N2O/c15-11-4-5-13(12(16)7-11)18-8-9-2-1-3-10(6-9)14(17)19/h1-7,18H,8H2,(H2,17,19). The molecule has 0 heterocycles. The van der Waals surface area contributed by atoms with Crippen molar-refractivity contribution in [3.63, 3.8) is 0 Å². The van der Waals surface area contributed by atoms with Gasteiger partial charge in [-0.05, 0) is 35.9 Å². The number of carbonyl (C=O) groups excluding carboxylic acids is 1. The van der Waals surface area contributed by atoms with Crippen molar-refractivity contribution in [1.82, 2.24) is 0 Å². The second kappa shape index (κ2) is 5.95. The SMILES string of the molecule is NC(=O)c1cccc(CNc2ccc(Cl)cc2Cl)c1. The Labute approximate surface area is 121 Å². The molecule has 0 radical (unpaired) electrons. The summed E-state index contributed by atoms with van der Waals surface area (Å²) in [6, 6.07) is 12.4. The topological polar surface area (TPSA) is 55.1 Å². The molecule has 0 saturated carbocycles. The van der Waals surface area contributed by atoms with Crippen LogP contribution in [0.1, 0.15) is 15.9 Å². The van der Waals surface area contributed by atoms with Crippen molar-refractivity contribution in [1.29, 1.82) is 0 Å². The zero-order valence-corrected chi connectivity index (χ0v) is 11.5. The number of benzene rings is 2. The third-order valence-corrected chi connectivity index (χ3v) is 3.17. The third kappa shape index (κ3) is 3.63. The number of amides is 1. The molecule has 98 valence electrons. The molecule has 0 atom stereocenters. The highest BCUT2D eigenvalue weighted by molar-refractivity contribution is 6.36. The third-order valence-electron chi connectivity index (χ3n) is 2.63. The van der Waals surface area contributed by atoms with Crippen LogP contribution in [0.4, 0.5) is 5.69 Å². The fourth-order valence-electron chi connectivity index (χ4n) is 1.66. The van der Waals surface area contributed by atoms with Crippen molar-refractivity contribution in [2.75, 3.05) is 5.32 Å². The molecule has 0 aliphatic rings. The molecule has 2 rings (SSSR count). The summed E-state index contributed by atoms with van der Waals surface area (Å²) in [5.41, 5.74) is 7.46. The van der Waals surface area contributed by atoms with E-state index in [1.165, 1.54) is 0 Å². The maximum atomic E-state index is 11.1. The lowest BCUT2D eigenvalue weighted by molar-refractivity contribution is 0.1000. The Kier molecular flexibility index (Phi) is 4.30. The van der Waals surface area contributed by atoms with Gasteiger partial charge < -0.3 is 11.1 Å². The lowest BCUT2D eigenvalue weighted by Crippen LogP contribution is -2.11. The first-order valence-electron chi connectivity index (χ1n) is 5.64. The van der Waals surface area contributed by atoms with Gasteiger partial charge in [0.05, 0.1) is 10.7 Å². The van der Waals surface area contributed by atoms with Crippen LogP contribution in [-0.2, 0) is 6.54 Å². The number of halogens is 2. The Morgan fingerprint density at radius 1 is 1.16 bits per heavy atom. The molecule has 0 saturated heterocycles. The minimum absolute atomic E-state index is 0.439. The predicted octanol–water partition coefficient (Wildman–Crippen LogP) is 3.70. The smallest absolute Gasteiger partial charge is 0.248 e. The first kappa shape index (κ1) is 13.7. The van der Waals surface area contributed by atoms with E-state index in [4.69, 9.17) is 28.9 Å². The van der Waals surface area contributed by atoms with Crippen LogP contribution in [0.25, 0.3) is 0 Å². The van der Waals surface area contributed by atoms with Crippen LogP contribution in [0.15, 0.2) is 42.5 Å². The highest BCUT2D eigenvalue weighted by Gasteiger charge is 2.03. The maximum Gasteiger partial charge on any atom is 0.248 e. The van der Waals surface area contributed by atoms with Gasteiger partial charge in [-0.15, -0.1) is 0 Å². The average molecular weight is 295 g/mol. The molecule has 5 heteroatoms. The van der Waals surface area contributed by atoms with Gasteiger partial charge in [0.15, 0.2) is 0 Å². The molecule has 3 N–H and O–H groups in total. The number of carbonyl (C=O) groups is 1. The molecule has 0 aromatic heterocycles. The fourth-order valence-corrected chi connectivity index (χ4v) is 2.14. The molecule has 2 aromatic rings. The summed E-state index contributed by atoms with van der Waals surface area (Å²) in [6.45, 7) is 0.544. The van der Waals surface area contributed by atoms with Gasteiger partial charge in [0.25, 0.3) is 0 Å². The monoisotopic (exact) mass is 294 g/mol. The molecule has 0 unspecified atom stereocenters. The Hall–Kier alpha value is -1.71. The van der Waals surface area contributed by atoms with E-state index in [2.05, 4.69) is 5.32 Å². The Morgan fingerprint density at radius 3 is 2.63 bits per heavy atom. The summed E-state index contributed by atoms with van der Waals surface area (Å²) < 4.78 is 0. The van der Waals surface area contributed by atoms with Crippen LogP contribution < -0.4 is 11.1 Å². The normalized spacial score (nSPS) is 10.2. The quantitative estimate of drug-likeness (QED) is 0.903. The van der Waals surface area contributed by atoms with E-state index in [1.54, 1.807) is 30.3 Å². The Morgan fingerprint density at radius 2 is 1.95 bits per heavy atom. The van der Waals surface area contributed by atoms with Crippen LogP contribution in [-0.4, -0.2) is 5.91 Å². The van der Waals surface area contributed by atoms with Gasteiger partial charge in [-0.25, -0.2) is 0 Å². The summed E-state index contributed by atoms with van der Waals surface area (Å²) in [5, 5.41) is 4.32. The highest BCUT2D eigenvalue weighted by atomic mass is 35.5.